The first kappa shape index (κ1) is 18.3. The van der Waals surface area contributed by atoms with Crippen molar-refractivity contribution in [2.75, 3.05) is 19.8 Å². The summed E-state index contributed by atoms with van der Waals surface area (Å²) in [4.78, 5) is 13.6. The predicted molar refractivity (Wildman–Crippen MR) is 111 cm³/mol. The van der Waals surface area contributed by atoms with Crippen molar-refractivity contribution in [2.24, 2.45) is 4.99 Å². The standard InChI is InChI=1S/C20H25N5S/c1-14-8-9-15(18(12-14)26-3)13-23-20(21-2)22-11-10-19-24-16-6-4-5-7-17(16)25-19/h4-9,12H,10-11,13H2,1-3H3,(H,24,25)(H2,21,22,23). The van der Waals surface area contributed by atoms with Gasteiger partial charge >= 0.3 is 0 Å². The Balaban J connectivity index is 1.52. The Morgan fingerprint density at radius 2 is 2.04 bits per heavy atom. The molecule has 0 aliphatic carbocycles. The Bertz CT molecular complexity index is 867. The molecule has 3 aromatic rings. The van der Waals surface area contributed by atoms with E-state index < -0.39 is 0 Å². The molecule has 1 aromatic heterocycles. The minimum absolute atomic E-state index is 0.751. The zero-order valence-electron chi connectivity index (χ0n) is 15.5. The quantitative estimate of drug-likeness (QED) is 0.354. The van der Waals surface area contributed by atoms with Crippen LogP contribution in [0, 0.1) is 6.92 Å². The molecule has 0 saturated carbocycles. The molecule has 0 aliphatic rings. The summed E-state index contributed by atoms with van der Waals surface area (Å²) >= 11 is 1.77. The summed E-state index contributed by atoms with van der Waals surface area (Å²) in [5, 5.41) is 6.74. The average molecular weight is 368 g/mol. The van der Waals surface area contributed by atoms with Gasteiger partial charge in [-0.15, -0.1) is 11.8 Å². The molecule has 26 heavy (non-hydrogen) atoms. The van der Waals surface area contributed by atoms with Crippen molar-refractivity contribution in [2.45, 2.75) is 24.8 Å². The lowest BCUT2D eigenvalue weighted by Gasteiger charge is -2.13. The van der Waals surface area contributed by atoms with Gasteiger partial charge in [0.15, 0.2) is 5.96 Å². The van der Waals surface area contributed by atoms with Gasteiger partial charge in [-0.3, -0.25) is 4.99 Å². The first-order valence-corrected chi connectivity index (χ1v) is 9.93. The number of H-pyrrole nitrogens is 1. The number of aliphatic imine (C=N–C) groups is 1. The number of imidazole rings is 1. The van der Waals surface area contributed by atoms with Crippen LogP contribution in [-0.2, 0) is 13.0 Å². The first-order valence-electron chi connectivity index (χ1n) is 8.71. The fourth-order valence-electron chi connectivity index (χ4n) is 2.82. The molecule has 0 unspecified atom stereocenters. The van der Waals surface area contributed by atoms with Gasteiger partial charge < -0.3 is 15.6 Å². The second-order valence-electron chi connectivity index (χ2n) is 6.12. The maximum absolute atomic E-state index is 4.60. The highest BCUT2D eigenvalue weighted by molar-refractivity contribution is 7.98. The molecule has 0 spiro atoms. The van der Waals surface area contributed by atoms with E-state index in [0.29, 0.717) is 0 Å². The summed E-state index contributed by atoms with van der Waals surface area (Å²) < 4.78 is 0. The Labute approximate surface area is 158 Å². The number of hydrogen-bond donors (Lipinski definition) is 3. The van der Waals surface area contributed by atoms with Gasteiger partial charge in [-0.1, -0.05) is 24.3 Å². The molecule has 3 rings (SSSR count). The first-order chi connectivity index (χ1) is 12.7. The van der Waals surface area contributed by atoms with Gasteiger partial charge in [-0.05, 0) is 42.5 Å². The van der Waals surface area contributed by atoms with Gasteiger partial charge in [-0.25, -0.2) is 4.98 Å². The van der Waals surface area contributed by atoms with Crippen LogP contribution in [0.5, 0.6) is 0 Å². The van der Waals surface area contributed by atoms with E-state index in [1.165, 1.54) is 16.0 Å². The zero-order valence-corrected chi connectivity index (χ0v) is 16.3. The minimum Gasteiger partial charge on any atom is -0.356 e. The molecule has 0 bridgehead atoms. The summed E-state index contributed by atoms with van der Waals surface area (Å²) in [6.45, 7) is 3.64. The lowest BCUT2D eigenvalue weighted by Crippen LogP contribution is -2.38. The Morgan fingerprint density at radius 1 is 1.19 bits per heavy atom. The SMILES string of the molecule is CN=C(NCCc1nc2ccccc2[nH]1)NCc1ccc(C)cc1SC. The molecule has 0 radical (unpaired) electrons. The van der Waals surface area contributed by atoms with E-state index in [1.807, 2.05) is 24.3 Å². The number of thioether (sulfide) groups is 1. The summed E-state index contributed by atoms with van der Waals surface area (Å²) in [5.74, 6) is 1.78. The normalized spacial score (nSPS) is 11.7. The maximum atomic E-state index is 4.60. The molecule has 2 aromatic carbocycles. The minimum atomic E-state index is 0.751. The molecule has 3 N–H and O–H groups in total. The molecule has 0 atom stereocenters. The summed E-state index contributed by atoms with van der Waals surface area (Å²) in [6.07, 6.45) is 2.93. The monoisotopic (exact) mass is 367 g/mol. The molecule has 0 amide bonds. The van der Waals surface area contributed by atoms with Crippen LogP contribution in [-0.4, -0.2) is 35.8 Å². The van der Waals surface area contributed by atoms with Crippen molar-refractivity contribution in [1.29, 1.82) is 0 Å². The number of nitrogens with one attached hydrogen (secondary N) is 3. The summed E-state index contributed by atoms with van der Waals surface area (Å²) in [7, 11) is 1.79. The van der Waals surface area contributed by atoms with E-state index in [0.717, 1.165) is 42.3 Å². The van der Waals surface area contributed by atoms with Crippen LogP contribution in [0.4, 0.5) is 0 Å². The highest BCUT2D eigenvalue weighted by Crippen LogP contribution is 2.21. The molecular weight excluding hydrogens is 342 g/mol. The van der Waals surface area contributed by atoms with Crippen LogP contribution in [0.15, 0.2) is 52.4 Å². The number of guanidine groups is 1. The second kappa shape index (κ2) is 8.76. The third-order valence-electron chi connectivity index (χ3n) is 4.21. The Hall–Kier alpha value is -2.47. The van der Waals surface area contributed by atoms with E-state index >= 15 is 0 Å². The van der Waals surface area contributed by atoms with E-state index in [9.17, 15) is 0 Å². The topological polar surface area (TPSA) is 65.1 Å². The number of fused-ring (bicyclic) bond motifs is 1. The van der Waals surface area contributed by atoms with Crippen molar-refractivity contribution >= 4 is 28.8 Å². The molecule has 136 valence electrons. The smallest absolute Gasteiger partial charge is 0.191 e. The lowest BCUT2D eigenvalue weighted by atomic mass is 10.1. The number of aromatic nitrogens is 2. The van der Waals surface area contributed by atoms with E-state index in [2.05, 4.69) is 57.0 Å². The number of hydrogen-bond acceptors (Lipinski definition) is 3. The lowest BCUT2D eigenvalue weighted by molar-refractivity contribution is 0.772. The Kier molecular flexibility index (Phi) is 6.17. The number of nitrogens with zero attached hydrogens (tertiary/aromatic N) is 2. The van der Waals surface area contributed by atoms with Crippen molar-refractivity contribution in [1.82, 2.24) is 20.6 Å². The summed E-state index contributed by atoms with van der Waals surface area (Å²) in [5.41, 5.74) is 4.65. The Morgan fingerprint density at radius 3 is 2.81 bits per heavy atom. The van der Waals surface area contributed by atoms with Crippen molar-refractivity contribution in [3.8, 4) is 0 Å². The zero-order chi connectivity index (χ0) is 18.4. The number of rotatable bonds is 6. The van der Waals surface area contributed by atoms with Crippen molar-refractivity contribution in [3.63, 3.8) is 0 Å². The van der Waals surface area contributed by atoms with Crippen molar-refractivity contribution < 1.29 is 0 Å². The van der Waals surface area contributed by atoms with Gasteiger partial charge in [0.05, 0.1) is 11.0 Å². The molecule has 1 heterocycles. The average Bonchev–Trinajstić information content (AvgIpc) is 3.08. The van der Waals surface area contributed by atoms with Crippen LogP contribution in [0.3, 0.4) is 0 Å². The third kappa shape index (κ3) is 4.58. The molecule has 6 heteroatoms. The van der Waals surface area contributed by atoms with E-state index in [4.69, 9.17) is 0 Å². The van der Waals surface area contributed by atoms with Crippen LogP contribution < -0.4 is 10.6 Å². The van der Waals surface area contributed by atoms with Gasteiger partial charge in [0.2, 0.25) is 0 Å². The van der Waals surface area contributed by atoms with E-state index in [-0.39, 0.29) is 0 Å². The molecule has 0 saturated heterocycles. The van der Waals surface area contributed by atoms with Gasteiger partial charge in [0.1, 0.15) is 5.82 Å². The molecule has 5 nitrogen and oxygen atoms in total. The molecule has 0 aliphatic heterocycles. The van der Waals surface area contributed by atoms with Crippen LogP contribution in [0.1, 0.15) is 17.0 Å². The molecule has 0 fully saturated rings. The predicted octanol–water partition coefficient (Wildman–Crippen LogP) is 3.50. The van der Waals surface area contributed by atoms with E-state index in [1.54, 1.807) is 18.8 Å². The molecular formula is C20H25N5S. The fraction of sp³-hybridized carbons (Fsp3) is 0.300. The number of para-hydroxylation sites is 2. The van der Waals surface area contributed by atoms with Crippen LogP contribution in [0.2, 0.25) is 0 Å². The van der Waals surface area contributed by atoms with Gasteiger partial charge in [0.25, 0.3) is 0 Å². The summed E-state index contributed by atoms with van der Waals surface area (Å²) in [6, 6.07) is 14.6. The number of benzene rings is 2. The number of aromatic amines is 1. The van der Waals surface area contributed by atoms with Crippen LogP contribution >= 0.6 is 11.8 Å². The van der Waals surface area contributed by atoms with Gasteiger partial charge in [-0.2, -0.15) is 0 Å². The fourth-order valence-corrected chi connectivity index (χ4v) is 3.53. The largest absolute Gasteiger partial charge is 0.356 e. The maximum Gasteiger partial charge on any atom is 0.191 e. The highest BCUT2D eigenvalue weighted by Gasteiger charge is 2.05. The van der Waals surface area contributed by atoms with Crippen molar-refractivity contribution in [3.05, 3.63) is 59.4 Å². The van der Waals surface area contributed by atoms with Crippen LogP contribution in [0.25, 0.3) is 11.0 Å². The number of aryl methyl sites for hydroxylation is 1. The highest BCUT2D eigenvalue weighted by atomic mass is 32.2. The van der Waals surface area contributed by atoms with Gasteiger partial charge in [0, 0.05) is 31.5 Å². The third-order valence-corrected chi connectivity index (χ3v) is 5.03. The second-order valence-corrected chi connectivity index (χ2v) is 6.97.